The first-order valence-corrected chi connectivity index (χ1v) is 38.7. The SMILES string of the molecule is COCCOC1C2OC(CO)C(OC3OC(CO)C(OC4OC(CO)C(OC5OC(CO)C(OC6OC(CO)C(OC7OC(CO)C(O2)C(OCCOC)C7OCCOC)C(OCCOC)C6OCCOC)C(OCCOC)C5OCCOC)C(OCCOC)C4OCCOC)C(OCCOC)C3OCCOC)C1OCCOC. The van der Waals surface area contributed by atoms with Gasteiger partial charge in [0.05, 0.1) is 198 Å². The number of hydrogen-bond donors (Lipinski definition) is 6. The van der Waals surface area contributed by atoms with Crippen molar-refractivity contribution < 1.29 is 201 Å². The van der Waals surface area contributed by atoms with Crippen LogP contribution in [0.25, 0.3) is 0 Å². The fraction of sp³-hybridized carbons (Fsp3) is 1.00. The molecule has 672 valence electrons. The van der Waals surface area contributed by atoms with Crippen molar-refractivity contribution in [2.24, 2.45) is 0 Å². The average Bonchev–Trinajstić information content (AvgIpc) is 0.759. The molecule has 42 nitrogen and oxygen atoms in total. The van der Waals surface area contributed by atoms with Gasteiger partial charge in [0.1, 0.15) is 146 Å². The minimum absolute atomic E-state index is 0.0250. The van der Waals surface area contributed by atoms with E-state index in [0.717, 1.165) is 0 Å². The van der Waals surface area contributed by atoms with E-state index in [4.69, 9.17) is 171 Å². The van der Waals surface area contributed by atoms with Gasteiger partial charge < -0.3 is 201 Å². The van der Waals surface area contributed by atoms with Crippen LogP contribution in [-0.4, -0.2) is 498 Å². The largest absolute Gasteiger partial charge is 0.394 e. The zero-order valence-electron chi connectivity index (χ0n) is 67.9. The summed E-state index contributed by atoms with van der Waals surface area (Å²) in [5.74, 6) is 0. The predicted octanol–water partition coefficient (Wildman–Crippen LogP) is -5.01. The van der Waals surface area contributed by atoms with Gasteiger partial charge in [-0.15, -0.1) is 0 Å². The van der Waals surface area contributed by atoms with Gasteiger partial charge in [0.2, 0.25) is 0 Å². The van der Waals surface area contributed by atoms with Crippen LogP contribution in [0.3, 0.4) is 0 Å². The molecule has 30 atom stereocenters. The van der Waals surface area contributed by atoms with E-state index in [-0.39, 0.29) is 159 Å². The summed E-state index contributed by atoms with van der Waals surface area (Å²) in [6.07, 6.45) is -43.0. The number of methoxy groups -OCH3 is 12. The maximum absolute atomic E-state index is 11.8. The molecule has 42 heteroatoms. The molecule has 22 aliphatic heterocycles. The number of ether oxygens (including phenoxy) is 36. The first kappa shape index (κ1) is 99.4. The molecule has 22 fully saturated rings. The first-order valence-electron chi connectivity index (χ1n) is 38.7. The van der Waals surface area contributed by atoms with Gasteiger partial charge in [0.25, 0.3) is 0 Å². The second-order valence-electron chi connectivity index (χ2n) is 26.9. The van der Waals surface area contributed by atoms with E-state index in [9.17, 15) is 30.6 Å². The Kier molecular flexibility index (Phi) is 49.6. The van der Waals surface area contributed by atoms with E-state index in [0.29, 0.717) is 0 Å². The molecule has 0 aliphatic carbocycles. The van der Waals surface area contributed by atoms with Crippen LogP contribution in [0.4, 0.5) is 0 Å². The van der Waals surface area contributed by atoms with E-state index < -0.39 is 224 Å². The Morgan fingerprint density at radius 3 is 0.351 bits per heavy atom. The highest BCUT2D eigenvalue weighted by Gasteiger charge is 2.62. The lowest BCUT2D eigenvalue weighted by Gasteiger charge is -2.53. The van der Waals surface area contributed by atoms with Crippen molar-refractivity contribution in [1.82, 2.24) is 0 Å². The highest BCUT2D eigenvalue weighted by Crippen LogP contribution is 2.43. The lowest BCUT2D eigenvalue weighted by Crippen LogP contribution is -2.70. The van der Waals surface area contributed by atoms with Crippen LogP contribution in [0.15, 0.2) is 0 Å². The van der Waals surface area contributed by atoms with Gasteiger partial charge in [-0.2, -0.15) is 0 Å². The van der Waals surface area contributed by atoms with E-state index in [1.165, 1.54) is 85.3 Å². The molecule has 0 aromatic carbocycles. The second kappa shape index (κ2) is 56.9. The first-order chi connectivity index (χ1) is 55.9. The Balaban J connectivity index is 1.52. The summed E-state index contributed by atoms with van der Waals surface area (Å²) in [7, 11) is 17.7. The summed E-state index contributed by atoms with van der Waals surface area (Å²) in [6.45, 7) is -5.88. The zero-order valence-corrected chi connectivity index (χ0v) is 67.9. The Hall–Kier alpha value is -1.68. The Morgan fingerprint density at radius 1 is 0.149 bits per heavy atom. The van der Waals surface area contributed by atoms with Crippen molar-refractivity contribution in [2.75, 3.05) is 284 Å². The summed E-state index contributed by atoms with van der Waals surface area (Å²) < 4.78 is 231. The topological polar surface area (TPSA) is 454 Å². The lowest BCUT2D eigenvalue weighted by molar-refractivity contribution is -0.414. The molecule has 114 heavy (non-hydrogen) atoms. The third kappa shape index (κ3) is 28.7. The zero-order chi connectivity index (χ0) is 82.0. The lowest BCUT2D eigenvalue weighted by atomic mass is 9.94. The van der Waals surface area contributed by atoms with Crippen LogP contribution >= 0.6 is 0 Å². The smallest absolute Gasteiger partial charge is 0.187 e. The molecule has 0 aromatic heterocycles. The third-order valence-corrected chi connectivity index (χ3v) is 19.5. The Bertz CT molecular complexity index is 1980. The summed E-state index contributed by atoms with van der Waals surface area (Å²) in [5, 5.41) is 70.7. The fourth-order valence-electron chi connectivity index (χ4n) is 14.1. The monoisotopic (exact) mass is 1670 g/mol. The minimum atomic E-state index is -1.60. The number of aliphatic hydroxyl groups is 6. The van der Waals surface area contributed by atoms with Gasteiger partial charge in [-0.3, -0.25) is 0 Å². The standard InChI is InChI=1S/C72H132O42/c1-79-13-25-91-55-49-43(37-73)103-67(61(55)97-31-19-85-7)110-50-44(38-74)105-69(63(99-33-21-87-9)56(50)92-26-14-80-2)112-52-46(40-76)107-71(65(101-35-23-89-11)58(52)94-28-16-82-4)114-54-48(42-78)108-72(66(102-36-24-90-12)60(54)96-30-18-84-6)113-53-47(41-77)106-70(64(100-34-22-88-10)59(53)95-29-17-83-5)111-51-45(39-75)104-68(109-49)62(98-32-20-86-8)57(51)93-27-15-81-3/h43-78H,13-42H2,1-12H3. The number of aliphatic hydroxyl groups excluding tert-OH is 6. The van der Waals surface area contributed by atoms with Crippen molar-refractivity contribution in [1.29, 1.82) is 0 Å². The van der Waals surface area contributed by atoms with Crippen molar-refractivity contribution in [2.45, 2.75) is 184 Å². The molecule has 22 rings (SSSR count). The van der Waals surface area contributed by atoms with Crippen LogP contribution in [0.5, 0.6) is 0 Å². The molecule has 12 bridgehead atoms. The summed E-state index contributed by atoms with van der Waals surface area (Å²) >= 11 is 0. The highest BCUT2D eigenvalue weighted by molar-refractivity contribution is 5.04. The Morgan fingerprint density at radius 2 is 0.254 bits per heavy atom. The maximum atomic E-state index is 11.8. The van der Waals surface area contributed by atoms with Crippen LogP contribution in [0.1, 0.15) is 0 Å². The molecule has 0 spiro atoms. The van der Waals surface area contributed by atoms with Crippen molar-refractivity contribution >= 4 is 0 Å². The average molecular weight is 1670 g/mol. The van der Waals surface area contributed by atoms with Gasteiger partial charge in [0, 0.05) is 85.3 Å². The maximum Gasteiger partial charge on any atom is 0.187 e. The second-order valence-corrected chi connectivity index (χ2v) is 26.9. The summed E-state index contributed by atoms with van der Waals surface area (Å²) in [5.41, 5.74) is 0. The van der Waals surface area contributed by atoms with Gasteiger partial charge >= 0.3 is 0 Å². The molecular weight excluding hydrogens is 1540 g/mol. The van der Waals surface area contributed by atoms with Crippen LogP contribution < -0.4 is 0 Å². The predicted molar refractivity (Wildman–Crippen MR) is 383 cm³/mol. The highest BCUT2D eigenvalue weighted by atomic mass is 16.8. The van der Waals surface area contributed by atoms with Crippen LogP contribution in [-0.2, 0) is 171 Å². The molecular formula is C72H132O42. The molecule has 6 N–H and O–H groups in total. The molecule has 22 aliphatic rings. The molecule has 22 heterocycles. The van der Waals surface area contributed by atoms with Gasteiger partial charge in [-0.25, -0.2) is 0 Å². The quantitative estimate of drug-likeness (QED) is 0.0311. The number of rotatable bonds is 54. The van der Waals surface area contributed by atoms with Crippen molar-refractivity contribution in [3.8, 4) is 0 Å². The van der Waals surface area contributed by atoms with Crippen LogP contribution in [0.2, 0.25) is 0 Å². The molecule has 0 radical (unpaired) electrons. The fourth-order valence-corrected chi connectivity index (χ4v) is 14.1. The third-order valence-electron chi connectivity index (χ3n) is 19.5. The van der Waals surface area contributed by atoms with E-state index in [1.54, 1.807) is 0 Å². The van der Waals surface area contributed by atoms with Gasteiger partial charge in [-0.05, 0) is 0 Å². The molecule has 0 amide bonds. The Labute approximate surface area is 666 Å². The van der Waals surface area contributed by atoms with Gasteiger partial charge in [0.15, 0.2) is 37.7 Å². The van der Waals surface area contributed by atoms with E-state index in [1.807, 2.05) is 0 Å². The van der Waals surface area contributed by atoms with Gasteiger partial charge in [-0.1, -0.05) is 0 Å². The minimum Gasteiger partial charge on any atom is -0.394 e. The van der Waals surface area contributed by atoms with Crippen molar-refractivity contribution in [3.05, 3.63) is 0 Å². The molecule has 0 saturated carbocycles. The molecule has 0 aromatic rings. The summed E-state index contributed by atoms with van der Waals surface area (Å²) in [6, 6.07) is 0. The summed E-state index contributed by atoms with van der Waals surface area (Å²) in [4.78, 5) is 0. The van der Waals surface area contributed by atoms with E-state index in [2.05, 4.69) is 0 Å². The van der Waals surface area contributed by atoms with E-state index >= 15 is 0 Å². The normalized spacial score (nSPS) is 37.1. The number of hydrogen-bond acceptors (Lipinski definition) is 42. The molecule has 22 saturated heterocycles. The molecule has 30 unspecified atom stereocenters. The van der Waals surface area contributed by atoms with Crippen molar-refractivity contribution in [3.63, 3.8) is 0 Å². The van der Waals surface area contributed by atoms with Crippen LogP contribution in [0, 0.1) is 0 Å².